The molecule has 1 amide bonds. The average Bonchev–Trinajstić information content (AvgIpc) is 2.95. The molecule has 0 radical (unpaired) electrons. The predicted octanol–water partition coefficient (Wildman–Crippen LogP) is 2.38. The number of nitrogens with zero attached hydrogens (tertiary/aromatic N) is 2. The van der Waals surface area contributed by atoms with Gasteiger partial charge in [-0.2, -0.15) is 5.10 Å². The van der Waals surface area contributed by atoms with Gasteiger partial charge in [0.15, 0.2) is 0 Å². The van der Waals surface area contributed by atoms with Crippen molar-refractivity contribution >= 4 is 5.91 Å². The highest BCUT2D eigenvalue weighted by Crippen LogP contribution is 2.28. The van der Waals surface area contributed by atoms with Gasteiger partial charge in [0.25, 0.3) is 5.91 Å². The first-order chi connectivity index (χ1) is 10.6. The van der Waals surface area contributed by atoms with Crippen LogP contribution in [0.3, 0.4) is 0 Å². The molecule has 2 unspecified atom stereocenters. The third kappa shape index (κ3) is 3.20. The number of carbonyl (C=O) groups is 1. The second-order valence-electron chi connectivity index (χ2n) is 5.83. The molecule has 5 nitrogen and oxygen atoms in total. The quantitative estimate of drug-likeness (QED) is 0.946. The maximum atomic E-state index is 12.3. The zero-order chi connectivity index (χ0) is 15.5. The van der Waals surface area contributed by atoms with Crippen LogP contribution < -0.4 is 5.32 Å². The Balaban J connectivity index is 1.75. The van der Waals surface area contributed by atoms with E-state index in [0.29, 0.717) is 5.56 Å². The van der Waals surface area contributed by atoms with Crippen molar-refractivity contribution in [3.63, 3.8) is 0 Å². The fraction of sp³-hybridized carbons (Fsp3) is 0.412. The zero-order valence-corrected chi connectivity index (χ0v) is 13.0. The Hall–Kier alpha value is -2.14. The van der Waals surface area contributed by atoms with Crippen LogP contribution in [0.25, 0.3) is 0 Å². The minimum atomic E-state index is -0.0966. The molecule has 2 atom stereocenters. The molecule has 1 fully saturated rings. The van der Waals surface area contributed by atoms with E-state index in [4.69, 9.17) is 4.74 Å². The molecule has 0 saturated carbocycles. The first-order valence-electron chi connectivity index (χ1n) is 7.61. The van der Waals surface area contributed by atoms with E-state index in [0.717, 1.165) is 25.0 Å². The highest BCUT2D eigenvalue weighted by molar-refractivity contribution is 5.93. The van der Waals surface area contributed by atoms with Crippen molar-refractivity contribution in [2.75, 3.05) is 6.61 Å². The maximum absolute atomic E-state index is 12.3. The summed E-state index contributed by atoms with van der Waals surface area (Å²) in [5, 5.41) is 7.14. The number of carbonyl (C=O) groups excluding carboxylic acids is 1. The maximum Gasteiger partial charge on any atom is 0.254 e. The minimum absolute atomic E-state index is 0.0100. The van der Waals surface area contributed by atoms with Crippen molar-refractivity contribution in [2.24, 2.45) is 7.05 Å². The molecule has 0 bridgehead atoms. The van der Waals surface area contributed by atoms with Crippen LogP contribution in [0.1, 0.15) is 40.4 Å². The van der Waals surface area contributed by atoms with Crippen LogP contribution in [-0.2, 0) is 11.8 Å². The Labute approximate surface area is 130 Å². The number of aromatic nitrogens is 2. The van der Waals surface area contributed by atoms with Gasteiger partial charge in [-0.15, -0.1) is 0 Å². The summed E-state index contributed by atoms with van der Waals surface area (Å²) in [4.78, 5) is 12.3. The van der Waals surface area contributed by atoms with Gasteiger partial charge in [-0.3, -0.25) is 9.48 Å². The fourth-order valence-electron chi connectivity index (χ4n) is 2.80. The Morgan fingerprint density at radius 1 is 1.36 bits per heavy atom. The number of rotatable bonds is 3. The van der Waals surface area contributed by atoms with Gasteiger partial charge in [0, 0.05) is 19.9 Å². The first-order valence-corrected chi connectivity index (χ1v) is 7.61. The number of hydrogen-bond donors (Lipinski definition) is 1. The summed E-state index contributed by atoms with van der Waals surface area (Å²) in [7, 11) is 1.80. The van der Waals surface area contributed by atoms with Gasteiger partial charge in [0.1, 0.15) is 6.10 Å². The molecule has 2 heterocycles. The molecule has 0 spiro atoms. The Morgan fingerprint density at radius 2 is 2.14 bits per heavy atom. The van der Waals surface area contributed by atoms with Crippen LogP contribution in [0.15, 0.2) is 36.7 Å². The van der Waals surface area contributed by atoms with E-state index in [1.54, 1.807) is 24.1 Å². The lowest BCUT2D eigenvalue weighted by molar-refractivity contribution is -0.00946. The number of benzene rings is 1. The lowest BCUT2D eigenvalue weighted by atomic mass is 9.95. The van der Waals surface area contributed by atoms with E-state index in [1.165, 1.54) is 5.56 Å². The monoisotopic (exact) mass is 299 g/mol. The molecule has 116 valence electrons. The number of ether oxygens (including phenoxy) is 1. The van der Waals surface area contributed by atoms with Crippen molar-refractivity contribution in [1.29, 1.82) is 0 Å². The number of hydrogen-bond acceptors (Lipinski definition) is 3. The van der Waals surface area contributed by atoms with E-state index < -0.39 is 0 Å². The molecule has 22 heavy (non-hydrogen) atoms. The van der Waals surface area contributed by atoms with Crippen molar-refractivity contribution in [1.82, 2.24) is 15.1 Å². The van der Waals surface area contributed by atoms with Crippen LogP contribution in [0.4, 0.5) is 0 Å². The SMILES string of the molecule is Cc1ccc(C2OCCCC2NC(=O)c2cnn(C)c2)cc1. The van der Waals surface area contributed by atoms with Crippen molar-refractivity contribution < 1.29 is 9.53 Å². The summed E-state index contributed by atoms with van der Waals surface area (Å²) >= 11 is 0. The average molecular weight is 299 g/mol. The highest BCUT2D eigenvalue weighted by Gasteiger charge is 2.29. The predicted molar refractivity (Wildman–Crippen MR) is 83.6 cm³/mol. The van der Waals surface area contributed by atoms with E-state index >= 15 is 0 Å². The molecule has 1 saturated heterocycles. The van der Waals surface area contributed by atoms with Gasteiger partial charge >= 0.3 is 0 Å². The molecule has 1 aliphatic heterocycles. The molecule has 1 aromatic carbocycles. The van der Waals surface area contributed by atoms with E-state index in [1.807, 2.05) is 0 Å². The molecule has 2 aromatic rings. The summed E-state index contributed by atoms with van der Waals surface area (Å²) in [6.45, 7) is 2.80. The number of aryl methyl sites for hydroxylation is 2. The van der Waals surface area contributed by atoms with Crippen LogP contribution >= 0.6 is 0 Å². The summed E-state index contributed by atoms with van der Waals surface area (Å²) < 4.78 is 7.55. The standard InChI is InChI=1S/C17H21N3O2/c1-12-5-7-13(8-6-12)16-15(4-3-9-22-16)19-17(21)14-10-18-20(2)11-14/h5-8,10-11,15-16H,3-4,9H2,1-2H3,(H,19,21). The van der Waals surface area contributed by atoms with E-state index in [9.17, 15) is 4.79 Å². The normalized spacial score (nSPS) is 21.5. The second kappa shape index (κ2) is 6.32. The number of nitrogens with one attached hydrogen (secondary N) is 1. The van der Waals surface area contributed by atoms with Crippen LogP contribution in [0, 0.1) is 6.92 Å². The van der Waals surface area contributed by atoms with Crippen LogP contribution in [-0.4, -0.2) is 28.3 Å². The molecule has 1 N–H and O–H groups in total. The molecule has 3 rings (SSSR count). The topological polar surface area (TPSA) is 56.1 Å². The van der Waals surface area contributed by atoms with Crippen molar-refractivity contribution in [3.05, 3.63) is 53.3 Å². The molecular formula is C17H21N3O2. The Kier molecular flexibility index (Phi) is 4.24. The third-order valence-corrected chi connectivity index (χ3v) is 4.01. The lowest BCUT2D eigenvalue weighted by Gasteiger charge is -2.32. The lowest BCUT2D eigenvalue weighted by Crippen LogP contribution is -2.42. The number of amides is 1. The highest BCUT2D eigenvalue weighted by atomic mass is 16.5. The summed E-state index contributed by atoms with van der Waals surface area (Å²) in [6.07, 6.45) is 5.10. The summed E-state index contributed by atoms with van der Waals surface area (Å²) in [5.41, 5.74) is 2.91. The fourth-order valence-corrected chi connectivity index (χ4v) is 2.80. The zero-order valence-electron chi connectivity index (χ0n) is 13.0. The second-order valence-corrected chi connectivity index (χ2v) is 5.83. The summed E-state index contributed by atoms with van der Waals surface area (Å²) in [6, 6.07) is 8.30. The molecular weight excluding hydrogens is 278 g/mol. The smallest absolute Gasteiger partial charge is 0.254 e. The van der Waals surface area contributed by atoms with Gasteiger partial charge in [-0.05, 0) is 25.3 Å². The van der Waals surface area contributed by atoms with Crippen LogP contribution in [0.5, 0.6) is 0 Å². The first kappa shape index (κ1) is 14.8. The van der Waals surface area contributed by atoms with Crippen molar-refractivity contribution in [2.45, 2.75) is 31.9 Å². The Bertz CT molecular complexity index is 648. The van der Waals surface area contributed by atoms with Gasteiger partial charge in [-0.25, -0.2) is 0 Å². The van der Waals surface area contributed by atoms with Gasteiger partial charge in [0.05, 0.1) is 17.8 Å². The largest absolute Gasteiger partial charge is 0.371 e. The molecule has 5 heteroatoms. The Morgan fingerprint density at radius 3 is 2.82 bits per heavy atom. The van der Waals surface area contributed by atoms with E-state index in [2.05, 4.69) is 41.6 Å². The van der Waals surface area contributed by atoms with E-state index in [-0.39, 0.29) is 18.1 Å². The molecule has 1 aromatic heterocycles. The summed E-state index contributed by atoms with van der Waals surface area (Å²) in [5.74, 6) is -0.0966. The molecule has 0 aliphatic carbocycles. The van der Waals surface area contributed by atoms with Gasteiger partial charge < -0.3 is 10.1 Å². The third-order valence-electron chi connectivity index (χ3n) is 4.01. The van der Waals surface area contributed by atoms with Crippen LogP contribution in [0.2, 0.25) is 0 Å². The molecule has 1 aliphatic rings. The van der Waals surface area contributed by atoms with Gasteiger partial charge in [-0.1, -0.05) is 29.8 Å². The van der Waals surface area contributed by atoms with Crippen molar-refractivity contribution in [3.8, 4) is 0 Å². The minimum Gasteiger partial charge on any atom is -0.371 e. The van der Waals surface area contributed by atoms with Gasteiger partial charge in [0.2, 0.25) is 0 Å².